The lowest BCUT2D eigenvalue weighted by Crippen LogP contribution is -2.48. The second-order valence-corrected chi connectivity index (χ2v) is 9.71. The molecule has 0 N–H and O–H groups in total. The van der Waals surface area contributed by atoms with Crippen molar-refractivity contribution in [3.05, 3.63) is 40.0 Å². The van der Waals surface area contributed by atoms with E-state index in [2.05, 4.69) is 28.9 Å². The Morgan fingerprint density at radius 1 is 1.19 bits per heavy atom. The molecule has 7 nitrogen and oxygen atoms in total. The lowest BCUT2D eigenvalue weighted by molar-refractivity contribution is 0.176. The molecule has 0 spiro atoms. The van der Waals surface area contributed by atoms with Crippen LogP contribution in [-0.4, -0.2) is 53.9 Å². The molecule has 0 atom stereocenters. The molecule has 2 aromatic rings. The monoisotopic (exact) mass is 432 g/mol. The smallest absolute Gasteiger partial charge is 0.244 e. The topological polar surface area (TPSA) is 79.5 Å². The van der Waals surface area contributed by atoms with Crippen molar-refractivity contribution in [1.29, 1.82) is 0 Å². The second kappa shape index (κ2) is 8.45. The largest absolute Gasteiger partial charge is 0.339 e. The number of hydrogen-bond acceptors (Lipinski definition) is 6. The van der Waals surface area contributed by atoms with Crippen LogP contribution in [0.25, 0.3) is 0 Å². The van der Waals surface area contributed by atoms with E-state index in [1.807, 2.05) is 0 Å². The van der Waals surface area contributed by atoms with Crippen LogP contribution in [0.15, 0.2) is 27.6 Å². The molecule has 0 aliphatic carbocycles. The Hall–Kier alpha value is -1.19. The van der Waals surface area contributed by atoms with Crippen LogP contribution < -0.4 is 0 Å². The average molecular weight is 433 g/mol. The normalized spacial score (nSPS) is 16.9. The van der Waals surface area contributed by atoms with Gasteiger partial charge in [0.2, 0.25) is 15.9 Å². The van der Waals surface area contributed by atoms with E-state index in [0.29, 0.717) is 55.4 Å². The van der Waals surface area contributed by atoms with Gasteiger partial charge in [0.05, 0.1) is 11.6 Å². The summed E-state index contributed by atoms with van der Waals surface area (Å²) in [6.45, 7) is 6.60. The molecule has 1 aliphatic heterocycles. The molecule has 0 bridgehead atoms. The first-order chi connectivity index (χ1) is 12.8. The Kier molecular flexibility index (Phi) is 6.43. The fraction of sp³-hybridized carbons (Fsp3) is 0.529. The summed E-state index contributed by atoms with van der Waals surface area (Å²) in [6.07, 6.45) is 0.749. The first-order valence-corrected chi connectivity index (χ1v) is 10.9. The van der Waals surface area contributed by atoms with Gasteiger partial charge in [-0.25, -0.2) is 8.42 Å². The maximum absolute atomic E-state index is 12.9. The van der Waals surface area contributed by atoms with Gasteiger partial charge in [-0.15, -0.1) is 0 Å². The number of rotatable bonds is 6. The Bertz CT molecular complexity index is 893. The van der Waals surface area contributed by atoms with Crippen LogP contribution >= 0.6 is 23.2 Å². The summed E-state index contributed by atoms with van der Waals surface area (Å²) in [4.78, 5) is 6.55. The fourth-order valence-corrected chi connectivity index (χ4v) is 5.09. The number of halogens is 2. The van der Waals surface area contributed by atoms with Gasteiger partial charge in [-0.2, -0.15) is 9.29 Å². The molecule has 0 amide bonds. The zero-order chi connectivity index (χ0) is 19.6. The highest BCUT2D eigenvalue weighted by atomic mass is 35.5. The third-order valence-electron chi connectivity index (χ3n) is 4.30. The Morgan fingerprint density at radius 2 is 1.89 bits per heavy atom. The quantitative estimate of drug-likeness (QED) is 0.697. The van der Waals surface area contributed by atoms with E-state index in [4.69, 9.17) is 27.7 Å². The van der Waals surface area contributed by atoms with E-state index in [-0.39, 0.29) is 9.92 Å². The Labute approximate surface area is 169 Å². The molecule has 1 aliphatic rings. The molecule has 1 saturated heterocycles. The predicted molar refractivity (Wildman–Crippen MR) is 103 cm³/mol. The molecular formula is C17H22Cl2N4O3S. The first-order valence-electron chi connectivity index (χ1n) is 8.74. The summed E-state index contributed by atoms with van der Waals surface area (Å²) in [7, 11) is -3.68. The van der Waals surface area contributed by atoms with Crippen LogP contribution in [0.3, 0.4) is 0 Å². The highest BCUT2D eigenvalue weighted by Crippen LogP contribution is 2.28. The van der Waals surface area contributed by atoms with Gasteiger partial charge in [0.1, 0.15) is 4.90 Å². The summed E-state index contributed by atoms with van der Waals surface area (Å²) in [5.74, 6) is 1.71. The number of aromatic nitrogens is 2. The van der Waals surface area contributed by atoms with E-state index in [9.17, 15) is 8.42 Å². The van der Waals surface area contributed by atoms with E-state index < -0.39 is 10.0 Å². The molecule has 1 aromatic heterocycles. The fourth-order valence-electron chi connectivity index (χ4n) is 2.93. The average Bonchev–Trinajstić information content (AvgIpc) is 3.03. The van der Waals surface area contributed by atoms with Gasteiger partial charge in [0, 0.05) is 37.6 Å². The molecular weight excluding hydrogens is 411 g/mol. The molecule has 1 aromatic carbocycles. The van der Waals surface area contributed by atoms with Crippen molar-refractivity contribution in [2.24, 2.45) is 5.92 Å². The first kappa shape index (κ1) is 20.5. The second-order valence-electron chi connectivity index (χ2n) is 6.96. The number of nitrogens with zero attached hydrogens (tertiary/aromatic N) is 4. The molecule has 2 heterocycles. The highest BCUT2D eigenvalue weighted by molar-refractivity contribution is 7.89. The zero-order valence-corrected chi connectivity index (χ0v) is 17.6. The minimum Gasteiger partial charge on any atom is -0.339 e. The van der Waals surface area contributed by atoms with Gasteiger partial charge in [-0.05, 0) is 24.1 Å². The van der Waals surface area contributed by atoms with Crippen LogP contribution in [0.1, 0.15) is 25.6 Å². The van der Waals surface area contributed by atoms with Crippen molar-refractivity contribution in [1.82, 2.24) is 19.3 Å². The molecule has 3 rings (SSSR count). The summed E-state index contributed by atoms with van der Waals surface area (Å²) in [6, 6.07) is 4.46. The predicted octanol–water partition coefficient (Wildman–Crippen LogP) is 3.08. The lowest BCUT2D eigenvalue weighted by atomic mass is 10.1. The van der Waals surface area contributed by atoms with Crippen molar-refractivity contribution in [3.8, 4) is 0 Å². The lowest BCUT2D eigenvalue weighted by Gasteiger charge is -2.33. The maximum atomic E-state index is 12.9. The van der Waals surface area contributed by atoms with Gasteiger partial charge in [0.25, 0.3) is 0 Å². The van der Waals surface area contributed by atoms with E-state index in [0.717, 1.165) is 6.42 Å². The van der Waals surface area contributed by atoms with E-state index >= 15 is 0 Å². The van der Waals surface area contributed by atoms with E-state index in [1.165, 1.54) is 16.4 Å². The van der Waals surface area contributed by atoms with Gasteiger partial charge >= 0.3 is 0 Å². The van der Waals surface area contributed by atoms with Crippen LogP contribution in [0.5, 0.6) is 0 Å². The van der Waals surface area contributed by atoms with Crippen molar-refractivity contribution in [3.63, 3.8) is 0 Å². The SMILES string of the molecule is CC(C)Cc1nc(CN2CCN(S(=O)(=O)c3cc(Cl)ccc3Cl)CC2)no1. The summed E-state index contributed by atoms with van der Waals surface area (Å²) in [5.41, 5.74) is 0. The maximum Gasteiger partial charge on any atom is 0.244 e. The molecule has 10 heteroatoms. The van der Waals surface area contributed by atoms with Gasteiger partial charge in [-0.1, -0.05) is 42.2 Å². The van der Waals surface area contributed by atoms with Crippen LogP contribution in [-0.2, 0) is 23.0 Å². The third kappa shape index (κ3) is 5.00. The zero-order valence-electron chi connectivity index (χ0n) is 15.2. The Morgan fingerprint density at radius 3 is 2.56 bits per heavy atom. The van der Waals surface area contributed by atoms with Gasteiger partial charge in [-0.3, -0.25) is 4.90 Å². The molecule has 1 fully saturated rings. The number of benzene rings is 1. The van der Waals surface area contributed by atoms with Gasteiger partial charge < -0.3 is 4.52 Å². The number of sulfonamides is 1. The van der Waals surface area contributed by atoms with Crippen LogP contribution in [0, 0.1) is 5.92 Å². The molecule has 148 valence electrons. The minimum atomic E-state index is -3.68. The van der Waals surface area contributed by atoms with Crippen LogP contribution in [0.2, 0.25) is 10.0 Å². The summed E-state index contributed by atoms with van der Waals surface area (Å²) in [5, 5.41) is 4.52. The van der Waals surface area contributed by atoms with Crippen LogP contribution in [0.4, 0.5) is 0 Å². The van der Waals surface area contributed by atoms with Crippen molar-refractivity contribution >= 4 is 33.2 Å². The van der Waals surface area contributed by atoms with E-state index in [1.54, 1.807) is 6.07 Å². The molecule has 27 heavy (non-hydrogen) atoms. The Balaban J connectivity index is 1.61. The van der Waals surface area contributed by atoms with Gasteiger partial charge in [0.15, 0.2) is 5.82 Å². The minimum absolute atomic E-state index is 0.0432. The summed E-state index contributed by atoms with van der Waals surface area (Å²) < 4.78 is 32.4. The van der Waals surface area contributed by atoms with Crippen molar-refractivity contribution in [2.45, 2.75) is 31.7 Å². The third-order valence-corrected chi connectivity index (χ3v) is 6.92. The number of hydrogen-bond donors (Lipinski definition) is 0. The van der Waals surface area contributed by atoms with Crippen molar-refractivity contribution in [2.75, 3.05) is 26.2 Å². The highest BCUT2D eigenvalue weighted by Gasteiger charge is 2.30. The standard InChI is InChI=1S/C17H22Cl2N4O3S/c1-12(2)9-17-20-16(21-26-17)11-22-5-7-23(8-6-22)27(24,25)15-10-13(18)3-4-14(15)19/h3-4,10,12H,5-9,11H2,1-2H3. The molecule has 0 radical (unpaired) electrons. The molecule has 0 unspecified atom stereocenters. The molecule has 0 saturated carbocycles. The van der Waals surface area contributed by atoms with Crippen molar-refractivity contribution < 1.29 is 12.9 Å². The number of piperazine rings is 1. The summed E-state index contributed by atoms with van der Waals surface area (Å²) >= 11 is 12.0.